The van der Waals surface area contributed by atoms with Crippen molar-refractivity contribution in [1.82, 2.24) is 5.43 Å². The van der Waals surface area contributed by atoms with Crippen molar-refractivity contribution >= 4 is 34.6 Å². The molecule has 2 N–H and O–H groups in total. The number of amides is 2. The molecule has 0 aliphatic heterocycles. The van der Waals surface area contributed by atoms with Crippen LogP contribution in [0.15, 0.2) is 58.0 Å². The first-order valence-electron chi connectivity index (χ1n) is 11.0. The minimum Gasteiger partial charge on any atom is -0.455 e. The summed E-state index contributed by atoms with van der Waals surface area (Å²) in [5.41, 5.74) is 4.94. The molecule has 0 fully saturated rings. The van der Waals surface area contributed by atoms with Gasteiger partial charge in [0.25, 0.3) is 17.3 Å². The average Bonchev–Trinajstić information content (AvgIpc) is 3.20. The van der Waals surface area contributed by atoms with E-state index in [1.165, 1.54) is 48.5 Å². The van der Waals surface area contributed by atoms with Crippen LogP contribution < -0.4 is 10.7 Å². The lowest BCUT2D eigenvalue weighted by atomic mass is 9.93. The van der Waals surface area contributed by atoms with Crippen LogP contribution in [0.4, 0.5) is 17.1 Å². The molecule has 2 aromatic carbocycles. The number of nitrogens with one attached hydrogen (secondary N) is 2. The highest BCUT2D eigenvalue weighted by Crippen LogP contribution is 2.30. The molecule has 12 heteroatoms. The van der Waals surface area contributed by atoms with Gasteiger partial charge in [-0.2, -0.15) is 5.10 Å². The molecule has 0 saturated heterocycles. The zero-order valence-electron chi connectivity index (χ0n) is 19.1. The van der Waals surface area contributed by atoms with Crippen LogP contribution in [0.1, 0.15) is 45.8 Å². The molecule has 0 bridgehead atoms. The summed E-state index contributed by atoms with van der Waals surface area (Å²) < 4.78 is 5.82. The van der Waals surface area contributed by atoms with Crippen molar-refractivity contribution in [1.29, 1.82) is 0 Å². The van der Waals surface area contributed by atoms with Crippen LogP contribution in [0.25, 0.3) is 0 Å². The van der Waals surface area contributed by atoms with Crippen molar-refractivity contribution in [3.8, 4) is 0 Å². The lowest BCUT2D eigenvalue weighted by Gasteiger charge is -2.13. The predicted molar refractivity (Wildman–Crippen MR) is 129 cm³/mol. The van der Waals surface area contributed by atoms with Crippen molar-refractivity contribution in [3.05, 3.63) is 97.0 Å². The minimum atomic E-state index is -0.552. The lowest BCUT2D eigenvalue weighted by Crippen LogP contribution is -2.23. The number of nitrogens with zero attached hydrogens (tertiary/aromatic N) is 3. The molecule has 0 spiro atoms. The zero-order valence-corrected chi connectivity index (χ0v) is 19.1. The van der Waals surface area contributed by atoms with Crippen LogP contribution in [-0.4, -0.2) is 27.4 Å². The first kappa shape index (κ1) is 24.3. The number of fused-ring (bicyclic) bond motifs is 1. The number of furan rings is 1. The Morgan fingerprint density at radius 2 is 1.75 bits per heavy atom. The van der Waals surface area contributed by atoms with Gasteiger partial charge in [0.1, 0.15) is 5.76 Å². The lowest BCUT2D eigenvalue weighted by molar-refractivity contribution is -0.385. The molecule has 184 valence electrons. The fourth-order valence-corrected chi connectivity index (χ4v) is 3.97. The summed E-state index contributed by atoms with van der Waals surface area (Å²) in [6.07, 6.45) is 1.86. The standard InChI is InChI=1S/C24H21N5O7/c1-14-22-19(26-27-21(30)12-15-8-10-17(11-9-15)28(32)33)6-3-7-20(22)36-23(14)24(31)25-16-4-2-5-18(13-16)29(34)35/h2,4-5,8-11,13H,3,6-7,12H2,1H3,(H,25,31)(H,27,30)/b26-19+. The van der Waals surface area contributed by atoms with Crippen LogP contribution >= 0.6 is 0 Å². The monoisotopic (exact) mass is 491 g/mol. The average molecular weight is 491 g/mol. The Kier molecular flexibility index (Phi) is 6.86. The molecule has 1 heterocycles. The Bertz CT molecular complexity index is 1390. The summed E-state index contributed by atoms with van der Waals surface area (Å²) in [4.78, 5) is 45.9. The van der Waals surface area contributed by atoms with E-state index in [0.29, 0.717) is 47.4 Å². The van der Waals surface area contributed by atoms with E-state index in [1.807, 2.05) is 0 Å². The van der Waals surface area contributed by atoms with Crippen molar-refractivity contribution in [2.45, 2.75) is 32.6 Å². The van der Waals surface area contributed by atoms with E-state index in [2.05, 4.69) is 15.8 Å². The largest absolute Gasteiger partial charge is 0.455 e. The highest BCUT2D eigenvalue weighted by Gasteiger charge is 2.28. The SMILES string of the molecule is Cc1c(C(=O)Nc2cccc([N+](=O)[O-])c2)oc2c1/C(=N/NC(=O)Cc1ccc([N+](=O)[O-])cc1)CCC2. The number of carbonyl (C=O) groups is 2. The summed E-state index contributed by atoms with van der Waals surface area (Å²) in [5, 5.41) is 28.6. The van der Waals surface area contributed by atoms with Gasteiger partial charge in [0.15, 0.2) is 5.76 Å². The van der Waals surface area contributed by atoms with Gasteiger partial charge in [0.2, 0.25) is 5.91 Å². The Morgan fingerprint density at radius 1 is 1.03 bits per heavy atom. The van der Waals surface area contributed by atoms with E-state index >= 15 is 0 Å². The third-order valence-corrected chi connectivity index (χ3v) is 5.67. The topological polar surface area (TPSA) is 170 Å². The Balaban J connectivity index is 1.48. The van der Waals surface area contributed by atoms with Gasteiger partial charge in [0, 0.05) is 47.5 Å². The Morgan fingerprint density at radius 3 is 2.44 bits per heavy atom. The number of benzene rings is 2. The molecule has 36 heavy (non-hydrogen) atoms. The first-order valence-corrected chi connectivity index (χ1v) is 11.0. The number of non-ortho nitro benzene ring substituents is 2. The van der Waals surface area contributed by atoms with E-state index in [-0.39, 0.29) is 29.2 Å². The second-order valence-corrected chi connectivity index (χ2v) is 8.16. The molecule has 2 amide bonds. The molecule has 1 aromatic heterocycles. The Labute approximate surface area is 204 Å². The normalized spacial score (nSPS) is 13.6. The summed E-state index contributed by atoms with van der Waals surface area (Å²) in [6.45, 7) is 1.71. The molecular weight excluding hydrogens is 470 g/mol. The number of hydrogen-bond acceptors (Lipinski definition) is 8. The highest BCUT2D eigenvalue weighted by atomic mass is 16.6. The van der Waals surface area contributed by atoms with E-state index < -0.39 is 21.7 Å². The van der Waals surface area contributed by atoms with Gasteiger partial charge in [-0.15, -0.1) is 0 Å². The fraction of sp³-hybridized carbons (Fsp3) is 0.208. The van der Waals surface area contributed by atoms with E-state index in [0.717, 1.165) is 0 Å². The first-order chi connectivity index (χ1) is 17.2. The third kappa shape index (κ3) is 5.27. The minimum absolute atomic E-state index is 0.0110. The molecule has 1 aliphatic carbocycles. The molecule has 0 unspecified atom stereocenters. The van der Waals surface area contributed by atoms with E-state index in [4.69, 9.17) is 4.42 Å². The summed E-state index contributed by atoms with van der Waals surface area (Å²) in [7, 11) is 0. The van der Waals surface area contributed by atoms with Gasteiger partial charge in [-0.3, -0.25) is 29.8 Å². The number of rotatable bonds is 7. The number of carbonyl (C=O) groups excluding carboxylic acids is 2. The predicted octanol–water partition coefficient (Wildman–Crippen LogP) is 4.06. The van der Waals surface area contributed by atoms with Crippen molar-refractivity contribution in [3.63, 3.8) is 0 Å². The molecular formula is C24H21N5O7. The maximum atomic E-state index is 12.8. The van der Waals surface area contributed by atoms with Crippen LogP contribution in [0.2, 0.25) is 0 Å². The fourth-order valence-electron chi connectivity index (χ4n) is 3.97. The van der Waals surface area contributed by atoms with Gasteiger partial charge >= 0.3 is 0 Å². The summed E-state index contributed by atoms with van der Waals surface area (Å²) in [6, 6.07) is 11.3. The highest BCUT2D eigenvalue weighted by molar-refractivity contribution is 6.09. The van der Waals surface area contributed by atoms with Gasteiger partial charge in [-0.1, -0.05) is 18.2 Å². The number of anilines is 1. The molecule has 1 aliphatic rings. The van der Waals surface area contributed by atoms with Crippen molar-refractivity contribution < 1.29 is 23.9 Å². The van der Waals surface area contributed by atoms with Crippen LogP contribution in [-0.2, 0) is 17.6 Å². The maximum Gasteiger partial charge on any atom is 0.291 e. The van der Waals surface area contributed by atoms with E-state index in [9.17, 15) is 29.8 Å². The quantitative estimate of drug-likeness (QED) is 0.371. The Hall–Kier alpha value is -4.87. The van der Waals surface area contributed by atoms with Gasteiger partial charge in [0.05, 0.1) is 22.0 Å². The maximum absolute atomic E-state index is 12.8. The summed E-state index contributed by atoms with van der Waals surface area (Å²) >= 11 is 0. The van der Waals surface area contributed by atoms with Crippen molar-refractivity contribution in [2.24, 2.45) is 5.10 Å². The van der Waals surface area contributed by atoms with Gasteiger partial charge < -0.3 is 9.73 Å². The van der Waals surface area contributed by atoms with Crippen LogP contribution in [0.3, 0.4) is 0 Å². The molecule has 3 aromatic rings. The van der Waals surface area contributed by atoms with Gasteiger partial charge in [-0.05, 0) is 31.4 Å². The van der Waals surface area contributed by atoms with E-state index in [1.54, 1.807) is 6.92 Å². The number of hydrazone groups is 1. The van der Waals surface area contributed by atoms with Crippen molar-refractivity contribution in [2.75, 3.05) is 5.32 Å². The molecule has 0 saturated carbocycles. The van der Waals surface area contributed by atoms with Gasteiger partial charge in [-0.25, -0.2) is 5.43 Å². The van der Waals surface area contributed by atoms with Crippen LogP contribution in [0.5, 0.6) is 0 Å². The molecule has 0 atom stereocenters. The third-order valence-electron chi connectivity index (χ3n) is 5.67. The molecule has 12 nitrogen and oxygen atoms in total. The second-order valence-electron chi connectivity index (χ2n) is 8.16. The number of aryl methyl sites for hydroxylation is 1. The zero-order chi connectivity index (χ0) is 25.8. The van der Waals surface area contributed by atoms with Crippen LogP contribution in [0, 0.1) is 27.2 Å². The number of nitro groups is 2. The number of hydrogen-bond donors (Lipinski definition) is 2. The smallest absolute Gasteiger partial charge is 0.291 e. The second kappa shape index (κ2) is 10.2. The molecule has 4 rings (SSSR count). The summed E-state index contributed by atoms with van der Waals surface area (Å²) in [5.74, 6) is -0.304. The number of nitro benzene ring substituents is 2. The molecule has 0 radical (unpaired) electrons.